The van der Waals surface area contributed by atoms with Gasteiger partial charge >= 0.3 is 0 Å². The van der Waals surface area contributed by atoms with E-state index < -0.39 is 0 Å². The third-order valence-corrected chi connectivity index (χ3v) is 5.26. The molecule has 3 fully saturated rings. The molecule has 3 saturated heterocycles. The summed E-state index contributed by atoms with van der Waals surface area (Å²) in [6, 6.07) is 1.48. The van der Waals surface area contributed by atoms with Crippen molar-refractivity contribution in [1.29, 1.82) is 0 Å². The van der Waals surface area contributed by atoms with Crippen LogP contribution in [0.15, 0.2) is 0 Å². The third-order valence-electron chi connectivity index (χ3n) is 5.26. The van der Waals surface area contributed by atoms with E-state index in [2.05, 4.69) is 17.1 Å². The van der Waals surface area contributed by atoms with Gasteiger partial charge in [-0.15, -0.1) is 0 Å². The van der Waals surface area contributed by atoms with Crippen molar-refractivity contribution < 1.29 is 9.47 Å². The van der Waals surface area contributed by atoms with Crippen LogP contribution in [-0.4, -0.2) is 62.0 Å². The van der Waals surface area contributed by atoms with E-state index in [0.29, 0.717) is 6.04 Å². The Morgan fingerprint density at radius 1 is 1.15 bits per heavy atom. The van der Waals surface area contributed by atoms with E-state index in [-0.39, 0.29) is 5.60 Å². The SMILES string of the molecule is CCCN(C1CCNCC1)C1CCOC2(CCOC2)C1. The molecule has 0 aromatic heterocycles. The molecule has 0 bridgehead atoms. The molecule has 0 radical (unpaired) electrons. The van der Waals surface area contributed by atoms with E-state index in [9.17, 15) is 0 Å². The lowest BCUT2D eigenvalue weighted by Crippen LogP contribution is -2.54. The fourth-order valence-corrected chi connectivity index (χ4v) is 4.21. The van der Waals surface area contributed by atoms with Gasteiger partial charge in [0, 0.05) is 31.7 Å². The predicted molar refractivity (Wildman–Crippen MR) is 80.0 cm³/mol. The van der Waals surface area contributed by atoms with Crippen molar-refractivity contribution in [3.05, 3.63) is 0 Å². The third kappa shape index (κ3) is 3.19. The highest BCUT2D eigenvalue weighted by atomic mass is 16.6. The van der Waals surface area contributed by atoms with Crippen LogP contribution in [0.3, 0.4) is 0 Å². The molecule has 2 unspecified atom stereocenters. The lowest BCUT2D eigenvalue weighted by molar-refractivity contribution is -0.112. The van der Waals surface area contributed by atoms with E-state index in [4.69, 9.17) is 9.47 Å². The van der Waals surface area contributed by atoms with Gasteiger partial charge in [-0.1, -0.05) is 6.92 Å². The van der Waals surface area contributed by atoms with Crippen LogP contribution in [0.4, 0.5) is 0 Å². The summed E-state index contributed by atoms with van der Waals surface area (Å²) in [6.45, 7) is 8.53. The second-order valence-corrected chi connectivity index (χ2v) is 6.70. The molecular formula is C16H30N2O2. The maximum absolute atomic E-state index is 6.11. The van der Waals surface area contributed by atoms with Crippen molar-refractivity contribution in [3.63, 3.8) is 0 Å². The first kappa shape index (κ1) is 14.8. The second kappa shape index (κ2) is 6.73. The van der Waals surface area contributed by atoms with Crippen LogP contribution in [0, 0.1) is 0 Å². The Kier molecular flexibility index (Phi) is 4.97. The van der Waals surface area contributed by atoms with Crippen LogP contribution in [0.1, 0.15) is 45.4 Å². The summed E-state index contributed by atoms with van der Waals surface area (Å²) in [5, 5.41) is 3.49. The zero-order chi connectivity index (χ0) is 13.8. The smallest absolute Gasteiger partial charge is 0.0951 e. The molecule has 1 N–H and O–H groups in total. The number of nitrogens with zero attached hydrogens (tertiary/aromatic N) is 1. The molecule has 0 aliphatic carbocycles. The minimum absolute atomic E-state index is 0.0435. The van der Waals surface area contributed by atoms with Gasteiger partial charge in [0.1, 0.15) is 0 Å². The number of hydrogen-bond donors (Lipinski definition) is 1. The first-order valence-corrected chi connectivity index (χ1v) is 8.51. The Morgan fingerprint density at radius 3 is 2.70 bits per heavy atom. The summed E-state index contributed by atoms with van der Waals surface area (Å²) in [5.41, 5.74) is 0.0435. The molecule has 0 saturated carbocycles. The van der Waals surface area contributed by atoms with Gasteiger partial charge in [0.05, 0.1) is 12.2 Å². The topological polar surface area (TPSA) is 33.7 Å². The highest BCUT2D eigenvalue weighted by molar-refractivity contribution is 4.95. The molecule has 3 aliphatic heterocycles. The molecule has 0 aromatic rings. The molecule has 4 nitrogen and oxygen atoms in total. The first-order valence-electron chi connectivity index (χ1n) is 8.51. The summed E-state index contributed by atoms with van der Waals surface area (Å²) >= 11 is 0. The van der Waals surface area contributed by atoms with E-state index in [1.165, 1.54) is 51.7 Å². The Morgan fingerprint density at radius 2 is 2.00 bits per heavy atom. The van der Waals surface area contributed by atoms with Gasteiger partial charge < -0.3 is 14.8 Å². The van der Waals surface area contributed by atoms with Crippen LogP contribution < -0.4 is 5.32 Å². The number of rotatable bonds is 4. The fourth-order valence-electron chi connectivity index (χ4n) is 4.21. The average Bonchev–Trinajstić information content (AvgIpc) is 2.93. The summed E-state index contributed by atoms with van der Waals surface area (Å²) in [4.78, 5) is 2.81. The van der Waals surface area contributed by atoms with Gasteiger partial charge in [-0.25, -0.2) is 0 Å². The Labute approximate surface area is 123 Å². The number of ether oxygens (including phenoxy) is 2. The highest BCUT2D eigenvalue weighted by Gasteiger charge is 2.43. The molecule has 116 valence electrons. The van der Waals surface area contributed by atoms with Crippen molar-refractivity contribution in [1.82, 2.24) is 10.2 Å². The minimum Gasteiger partial charge on any atom is -0.378 e. The zero-order valence-electron chi connectivity index (χ0n) is 12.9. The molecule has 0 aromatic carbocycles. The quantitative estimate of drug-likeness (QED) is 0.852. The first-order chi connectivity index (χ1) is 9.83. The normalized spacial score (nSPS) is 36.0. The lowest BCUT2D eigenvalue weighted by atomic mass is 9.87. The predicted octanol–water partition coefficient (Wildman–Crippen LogP) is 1.79. The number of piperidine rings is 1. The van der Waals surface area contributed by atoms with Crippen molar-refractivity contribution in [2.24, 2.45) is 0 Å². The van der Waals surface area contributed by atoms with Gasteiger partial charge in [-0.2, -0.15) is 0 Å². The fraction of sp³-hybridized carbons (Fsp3) is 1.00. The van der Waals surface area contributed by atoms with Crippen LogP contribution in [0.25, 0.3) is 0 Å². The van der Waals surface area contributed by atoms with Crippen molar-refractivity contribution in [2.75, 3.05) is 39.5 Å². The van der Waals surface area contributed by atoms with Gasteiger partial charge in [0.2, 0.25) is 0 Å². The second-order valence-electron chi connectivity index (χ2n) is 6.70. The highest BCUT2D eigenvalue weighted by Crippen LogP contribution is 2.36. The Balaban J connectivity index is 1.66. The number of nitrogens with one attached hydrogen (secondary N) is 1. The van der Waals surface area contributed by atoms with Gasteiger partial charge in [-0.3, -0.25) is 4.90 Å². The standard InChI is InChI=1S/C16H30N2O2/c1-2-9-18(14-3-7-17-8-4-14)15-5-10-20-16(12-15)6-11-19-13-16/h14-15,17H,2-13H2,1H3. The molecule has 20 heavy (non-hydrogen) atoms. The van der Waals surface area contributed by atoms with E-state index in [1.807, 2.05) is 0 Å². The van der Waals surface area contributed by atoms with Crippen LogP contribution in [-0.2, 0) is 9.47 Å². The van der Waals surface area contributed by atoms with Gasteiger partial charge in [0.25, 0.3) is 0 Å². The van der Waals surface area contributed by atoms with E-state index in [1.54, 1.807) is 0 Å². The minimum atomic E-state index is 0.0435. The maximum atomic E-state index is 6.11. The van der Waals surface area contributed by atoms with E-state index in [0.717, 1.165) is 32.3 Å². The molecule has 1 spiro atoms. The monoisotopic (exact) mass is 282 g/mol. The van der Waals surface area contributed by atoms with Gasteiger partial charge in [-0.05, 0) is 51.7 Å². The molecular weight excluding hydrogens is 252 g/mol. The number of hydrogen-bond acceptors (Lipinski definition) is 4. The summed E-state index contributed by atoms with van der Waals surface area (Å²) < 4.78 is 11.7. The molecule has 2 atom stereocenters. The maximum Gasteiger partial charge on any atom is 0.0951 e. The Bertz CT molecular complexity index is 299. The van der Waals surface area contributed by atoms with Crippen molar-refractivity contribution in [2.45, 2.75) is 63.1 Å². The molecule has 3 aliphatic rings. The molecule has 3 rings (SSSR count). The average molecular weight is 282 g/mol. The summed E-state index contributed by atoms with van der Waals surface area (Å²) in [6.07, 6.45) is 7.34. The Hall–Kier alpha value is -0.160. The van der Waals surface area contributed by atoms with Gasteiger partial charge in [0.15, 0.2) is 0 Å². The molecule has 3 heterocycles. The van der Waals surface area contributed by atoms with E-state index >= 15 is 0 Å². The van der Waals surface area contributed by atoms with Crippen LogP contribution >= 0.6 is 0 Å². The largest absolute Gasteiger partial charge is 0.378 e. The van der Waals surface area contributed by atoms with Crippen LogP contribution in [0.2, 0.25) is 0 Å². The van der Waals surface area contributed by atoms with Crippen molar-refractivity contribution >= 4 is 0 Å². The molecule has 4 heteroatoms. The zero-order valence-corrected chi connectivity index (χ0v) is 12.9. The lowest BCUT2D eigenvalue weighted by Gasteiger charge is -2.46. The molecule has 0 amide bonds. The summed E-state index contributed by atoms with van der Waals surface area (Å²) in [7, 11) is 0. The van der Waals surface area contributed by atoms with Crippen molar-refractivity contribution in [3.8, 4) is 0 Å². The summed E-state index contributed by atoms with van der Waals surface area (Å²) in [5.74, 6) is 0. The van der Waals surface area contributed by atoms with Crippen LogP contribution in [0.5, 0.6) is 0 Å².